The summed E-state index contributed by atoms with van der Waals surface area (Å²) in [6, 6.07) is 7.89. The van der Waals surface area contributed by atoms with Crippen LogP contribution < -0.4 is 5.32 Å². The maximum Gasteiger partial charge on any atom is 0.390 e. The lowest BCUT2D eigenvalue weighted by Gasteiger charge is -2.15. The molecule has 0 amide bonds. The maximum absolute atomic E-state index is 12.0. The van der Waals surface area contributed by atoms with Gasteiger partial charge in [-0.05, 0) is 24.5 Å². The molecule has 1 N–H and O–H groups in total. The highest BCUT2D eigenvalue weighted by Gasteiger charge is 2.26. The summed E-state index contributed by atoms with van der Waals surface area (Å²) in [5, 5.41) is 2.87. The molecule has 0 saturated heterocycles. The van der Waals surface area contributed by atoms with Crippen LogP contribution in [0, 0.1) is 0 Å². The van der Waals surface area contributed by atoms with Gasteiger partial charge in [0.05, 0.1) is 6.42 Å². The summed E-state index contributed by atoms with van der Waals surface area (Å²) >= 11 is 0. The normalized spacial score (nSPS) is 13.7. The smallest absolute Gasteiger partial charge is 0.310 e. The number of hydrogen-bond acceptors (Lipinski definition) is 1. The summed E-state index contributed by atoms with van der Waals surface area (Å²) in [6.45, 7) is 3.90. The molecule has 1 atom stereocenters. The van der Waals surface area contributed by atoms with Crippen molar-refractivity contribution in [1.82, 2.24) is 5.32 Å². The summed E-state index contributed by atoms with van der Waals surface area (Å²) in [7, 11) is 0. The predicted molar refractivity (Wildman–Crippen MR) is 62.9 cm³/mol. The topological polar surface area (TPSA) is 12.0 Å². The molecule has 0 aliphatic rings. The van der Waals surface area contributed by atoms with Gasteiger partial charge in [-0.15, -0.1) is 0 Å². The predicted octanol–water partition coefficient (Wildman–Crippen LogP) is 3.85. The Bertz CT molecular complexity index is 330. The van der Waals surface area contributed by atoms with Crippen LogP contribution in [0.3, 0.4) is 0 Å². The van der Waals surface area contributed by atoms with Gasteiger partial charge in [-0.25, -0.2) is 0 Å². The van der Waals surface area contributed by atoms with Gasteiger partial charge < -0.3 is 5.32 Å². The second kappa shape index (κ2) is 6.05. The van der Waals surface area contributed by atoms with E-state index in [9.17, 15) is 13.2 Å². The molecule has 0 spiro atoms. The molecule has 1 rings (SSSR count). The van der Waals surface area contributed by atoms with E-state index in [2.05, 4.69) is 12.2 Å². The zero-order chi connectivity index (χ0) is 12.9. The molecular formula is C13H18F3N. The molecule has 17 heavy (non-hydrogen) atoms. The summed E-state index contributed by atoms with van der Waals surface area (Å²) in [4.78, 5) is 0. The first-order valence-electron chi connectivity index (χ1n) is 5.81. The molecule has 0 aliphatic heterocycles. The Hall–Kier alpha value is -1.03. The van der Waals surface area contributed by atoms with Crippen LogP contribution in [0.1, 0.15) is 37.4 Å². The second-order valence-corrected chi connectivity index (χ2v) is 4.14. The summed E-state index contributed by atoms with van der Waals surface area (Å²) < 4.78 is 35.9. The van der Waals surface area contributed by atoms with Crippen molar-refractivity contribution in [3.05, 3.63) is 35.4 Å². The van der Waals surface area contributed by atoms with Crippen LogP contribution in [-0.4, -0.2) is 12.7 Å². The van der Waals surface area contributed by atoms with Gasteiger partial charge in [0.25, 0.3) is 0 Å². The molecule has 1 unspecified atom stereocenters. The van der Waals surface area contributed by atoms with Gasteiger partial charge in [0.2, 0.25) is 0 Å². The minimum atomic E-state index is -4.08. The van der Waals surface area contributed by atoms with Crippen molar-refractivity contribution in [2.75, 3.05) is 6.54 Å². The van der Waals surface area contributed by atoms with Gasteiger partial charge in [-0.1, -0.05) is 31.2 Å². The summed E-state index contributed by atoms with van der Waals surface area (Å²) in [6.07, 6.45) is -3.90. The fourth-order valence-corrected chi connectivity index (χ4v) is 1.59. The number of nitrogens with one attached hydrogen (secondary N) is 1. The van der Waals surface area contributed by atoms with E-state index in [1.165, 1.54) is 5.56 Å². The molecule has 4 heteroatoms. The Morgan fingerprint density at radius 3 is 2.24 bits per heavy atom. The van der Waals surface area contributed by atoms with E-state index in [1.54, 1.807) is 0 Å². The largest absolute Gasteiger partial charge is 0.390 e. The number of benzene rings is 1. The van der Waals surface area contributed by atoms with E-state index in [1.807, 2.05) is 31.2 Å². The number of aryl methyl sites for hydroxylation is 1. The van der Waals surface area contributed by atoms with Crippen molar-refractivity contribution in [3.63, 3.8) is 0 Å². The zero-order valence-electron chi connectivity index (χ0n) is 10.1. The standard InChI is InChI=1S/C13H18F3N/c1-3-11-4-6-12(7-5-11)10(2)17-9-8-13(14,15)16/h4-7,10,17H,3,8-9H2,1-2H3. The van der Waals surface area contributed by atoms with Crippen LogP contribution in [0.15, 0.2) is 24.3 Å². The molecular weight excluding hydrogens is 227 g/mol. The molecule has 0 aromatic heterocycles. The lowest BCUT2D eigenvalue weighted by Crippen LogP contribution is -2.24. The van der Waals surface area contributed by atoms with Crippen LogP contribution in [0.5, 0.6) is 0 Å². The zero-order valence-corrected chi connectivity index (χ0v) is 10.1. The number of rotatable bonds is 5. The quantitative estimate of drug-likeness (QED) is 0.830. The molecule has 0 aliphatic carbocycles. The lowest BCUT2D eigenvalue weighted by atomic mass is 10.0. The average Bonchev–Trinajstić information content (AvgIpc) is 2.27. The first kappa shape index (κ1) is 14.0. The number of hydrogen-bond donors (Lipinski definition) is 1. The van der Waals surface area contributed by atoms with E-state index in [0.29, 0.717) is 0 Å². The minimum Gasteiger partial charge on any atom is -0.310 e. The molecule has 0 radical (unpaired) electrons. The minimum absolute atomic E-state index is 0.0415. The average molecular weight is 245 g/mol. The Morgan fingerprint density at radius 1 is 1.18 bits per heavy atom. The highest BCUT2D eigenvalue weighted by Crippen LogP contribution is 2.19. The Balaban J connectivity index is 2.43. The fourth-order valence-electron chi connectivity index (χ4n) is 1.59. The van der Waals surface area contributed by atoms with Gasteiger partial charge in [0.15, 0.2) is 0 Å². The first-order valence-corrected chi connectivity index (χ1v) is 5.81. The third-order valence-electron chi connectivity index (χ3n) is 2.75. The highest BCUT2D eigenvalue weighted by atomic mass is 19.4. The SMILES string of the molecule is CCc1ccc(C(C)NCCC(F)(F)F)cc1. The van der Waals surface area contributed by atoms with E-state index in [4.69, 9.17) is 0 Å². The fraction of sp³-hybridized carbons (Fsp3) is 0.538. The molecule has 0 heterocycles. The van der Waals surface area contributed by atoms with Crippen molar-refractivity contribution >= 4 is 0 Å². The number of halogens is 3. The van der Waals surface area contributed by atoms with Crippen molar-refractivity contribution in [2.45, 2.75) is 38.9 Å². The van der Waals surface area contributed by atoms with Crippen molar-refractivity contribution in [3.8, 4) is 0 Å². The molecule has 0 fully saturated rings. The van der Waals surface area contributed by atoms with Gasteiger partial charge in [0.1, 0.15) is 0 Å². The van der Waals surface area contributed by atoms with Gasteiger partial charge in [0, 0.05) is 12.6 Å². The second-order valence-electron chi connectivity index (χ2n) is 4.14. The lowest BCUT2D eigenvalue weighted by molar-refractivity contribution is -0.133. The van der Waals surface area contributed by atoms with E-state index in [-0.39, 0.29) is 12.6 Å². The first-order chi connectivity index (χ1) is 7.92. The Morgan fingerprint density at radius 2 is 1.76 bits per heavy atom. The molecule has 1 aromatic carbocycles. The molecule has 1 nitrogen and oxygen atoms in total. The summed E-state index contributed by atoms with van der Waals surface area (Å²) in [5.74, 6) is 0. The number of alkyl halides is 3. The maximum atomic E-state index is 12.0. The third-order valence-corrected chi connectivity index (χ3v) is 2.75. The van der Waals surface area contributed by atoms with Crippen molar-refractivity contribution in [2.24, 2.45) is 0 Å². The van der Waals surface area contributed by atoms with E-state index in [0.717, 1.165) is 12.0 Å². The van der Waals surface area contributed by atoms with Crippen LogP contribution >= 0.6 is 0 Å². The van der Waals surface area contributed by atoms with Gasteiger partial charge >= 0.3 is 6.18 Å². The van der Waals surface area contributed by atoms with Crippen LogP contribution in [0.2, 0.25) is 0 Å². The van der Waals surface area contributed by atoms with Gasteiger partial charge in [-0.2, -0.15) is 13.2 Å². The van der Waals surface area contributed by atoms with Crippen LogP contribution in [0.4, 0.5) is 13.2 Å². The van der Waals surface area contributed by atoms with Crippen molar-refractivity contribution < 1.29 is 13.2 Å². The Labute approximate surface area is 100 Å². The Kier molecular flexibility index (Phi) is 5.00. The van der Waals surface area contributed by atoms with Crippen molar-refractivity contribution in [1.29, 1.82) is 0 Å². The third kappa shape index (κ3) is 5.22. The van der Waals surface area contributed by atoms with Gasteiger partial charge in [-0.3, -0.25) is 0 Å². The molecule has 1 aromatic rings. The van der Waals surface area contributed by atoms with E-state index >= 15 is 0 Å². The highest BCUT2D eigenvalue weighted by molar-refractivity contribution is 5.24. The van der Waals surface area contributed by atoms with E-state index < -0.39 is 12.6 Å². The molecule has 0 saturated carbocycles. The monoisotopic (exact) mass is 245 g/mol. The van der Waals surface area contributed by atoms with Crippen LogP contribution in [-0.2, 0) is 6.42 Å². The summed E-state index contributed by atoms with van der Waals surface area (Å²) in [5.41, 5.74) is 2.25. The van der Waals surface area contributed by atoms with Crippen LogP contribution in [0.25, 0.3) is 0 Å². The molecule has 0 bridgehead atoms. The molecule has 96 valence electrons.